The van der Waals surface area contributed by atoms with Crippen molar-refractivity contribution < 1.29 is 9.59 Å². The first-order valence-corrected chi connectivity index (χ1v) is 8.28. The second-order valence-corrected chi connectivity index (χ2v) is 6.05. The number of benzene rings is 1. The Morgan fingerprint density at radius 1 is 1.23 bits per heavy atom. The highest BCUT2D eigenvalue weighted by Crippen LogP contribution is 2.22. The van der Waals surface area contributed by atoms with E-state index in [0.29, 0.717) is 30.2 Å². The molecular formula is C17H23ClN2O2. The quantitative estimate of drug-likeness (QED) is 0.793. The van der Waals surface area contributed by atoms with Crippen molar-refractivity contribution in [1.82, 2.24) is 9.80 Å². The van der Waals surface area contributed by atoms with Gasteiger partial charge in [0.2, 0.25) is 0 Å². The molecule has 0 bridgehead atoms. The summed E-state index contributed by atoms with van der Waals surface area (Å²) in [6.07, 6.45) is 1.71. The van der Waals surface area contributed by atoms with Gasteiger partial charge in [-0.05, 0) is 51.0 Å². The molecule has 0 spiro atoms. The third-order valence-electron chi connectivity index (χ3n) is 4.23. The smallest absolute Gasteiger partial charge is 0.320 e. The van der Waals surface area contributed by atoms with E-state index >= 15 is 0 Å². The van der Waals surface area contributed by atoms with Crippen LogP contribution in [0.2, 0.25) is 5.02 Å². The minimum absolute atomic E-state index is 0.0404. The number of halogens is 1. The second-order valence-electron chi connectivity index (χ2n) is 5.61. The van der Waals surface area contributed by atoms with Crippen LogP contribution in [0.25, 0.3) is 0 Å². The van der Waals surface area contributed by atoms with Gasteiger partial charge in [0.25, 0.3) is 0 Å². The van der Waals surface area contributed by atoms with E-state index in [1.807, 2.05) is 18.7 Å². The van der Waals surface area contributed by atoms with Crippen molar-refractivity contribution in [2.24, 2.45) is 5.92 Å². The van der Waals surface area contributed by atoms with Gasteiger partial charge in [0.15, 0.2) is 5.78 Å². The number of Topliss-reactive ketones (excluding diaryl/α,β-unsaturated/α-hetero) is 1. The number of rotatable bonds is 4. The van der Waals surface area contributed by atoms with Crippen molar-refractivity contribution in [2.45, 2.75) is 26.7 Å². The van der Waals surface area contributed by atoms with Gasteiger partial charge in [-0.1, -0.05) is 11.6 Å². The van der Waals surface area contributed by atoms with Crippen molar-refractivity contribution >= 4 is 23.4 Å². The van der Waals surface area contributed by atoms with Crippen molar-refractivity contribution in [3.05, 3.63) is 34.9 Å². The van der Waals surface area contributed by atoms with Gasteiger partial charge in [0.1, 0.15) is 0 Å². The topological polar surface area (TPSA) is 40.6 Å². The number of carbonyl (C=O) groups is 2. The number of nitrogens with zero attached hydrogens (tertiary/aromatic N) is 2. The average molecular weight is 323 g/mol. The van der Waals surface area contributed by atoms with Crippen LogP contribution in [-0.4, -0.2) is 47.8 Å². The number of carbonyl (C=O) groups excluding carboxylic acids is 2. The number of ketones is 1. The number of hydrogen-bond acceptors (Lipinski definition) is 2. The zero-order valence-electron chi connectivity index (χ0n) is 13.2. The minimum Gasteiger partial charge on any atom is -0.325 e. The van der Waals surface area contributed by atoms with Crippen molar-refractivity contribution in [3.8, 4) is 0 Å². The molecule has 1 unspecified atom stereocenters. The summed E-state index contributed by atoms with van der Waals surface area (Å²) in [4.78, 5) is 28.6. The fraction of sp³-hybridized carbons (Fsp3) is 0.529. The number of urea groups is 1. The van der Waals surface area contributed by atoms with Crippen molar-refractivity contribution in [3.63, 3.8) is 0 Å². The maximum atomic E-state index is 12.6. The van der Waals surface area contributed by atoms with E-state index in [2.05, 4.69) is 0 Å². The molecule has 0 N–H and O–H groups in total. The Labute approximate surface area is 137 Å². The molecule has 5 heteroatoms. The van der Waals surface area contributed by atoms with Crippen LogP contribution >= 0.6 is 11.6 Å². The first-order valence-electron chi connectivity index (χ1n) is 7.90. The standard InChI is InChI=1S/C17H23ClN2O2/c1-3-19(4-2)17(22)20-11-5-6-14(12-20)16(21)13-7-9-15(18)10-8-13/h7-10,14H,3-6,11-12H2,1-2H3. The van der Waals surface area contributed by atoms with Crippen LogP contribution in [0.5, 0.6) is 0 Å². The molecule has 1 saturated heterocycles. The van der Waals surface area contributed by atoms with Crippen LogP contribution in [0.3, 0.4) is 0 Å². The fourth-order valence-corrected chi connectivity index (χ4v) is 3.03. The van der Waals surface area contributed by atoms with Crippen LogP contribution in [0, 0.1) is 5.92 Å². The predicted molar refractivity (Wildman–Crippen MR) is 88.4 cm³/mol. The molecule has 0 radical (unpaired) electrons. The van der Waals surface area contributed by atoms with Gasteiger partial charge in [-0.15, -0.1) is 0 Å². The minimum atomic E-state index is -0.116. The maximum absolute atomic E-state index is 12.6. The molecule has 120 valence electrons. The summed E-state index contributed by atoms with van der Waals surface area (Å²) in [5.74, 6) is -0.0110. The van der Waals surface area contributed by atoms with Crippen LogP contribution < -0.4 is 0 Å². The molecule has 1 aromatic carbocycles. The first-order chi connectivity index (χ1) is 10.6. The molecule has 1 fully saturated rings. The number of hydrogen-bond donors (Lipinski definition) is 0. The summed E-state index contributed by atoms with van der Waals surface area (Å²) in [5.41, 5.74) is 0.673. The van der Waals surface area contributed by atoms with Gasteiger partial charge < -0.3 is 9.80 Å². The highest BCUT2D eigenvalue weighted by molar-refractivity contribution is 6.30. The van der Waals surface area contributed by atoms with Gasteiger partial charge in [-0.25, -0.2) is 4.79 Å². The molecule has 4 nitrogen and oxygen atoms in total. The Kier molecular flexibility index (Phi) is 5.83. The number of likely N-dealkylation sites (tertiary alicyclic amines) is 1. The Morgan fingerprint density at radius 2 is 1.86 bits per heavy atom. The molecule has 1 aromatic rings. The van der Waals surface area contributed by atoms with Gasteiger partial charge in [0.05, 0.1) is 0 Å². The lowest BCUT2D eigenvalue weighted by Crippen LogP contribution is -2.48. The highest BCUT2D eigenvalue weighted by atomic mass is 35.5. The highest BCUT2D eigenvalue weighted by Gasteiger charge is 2.30. The molecule has 1 aliphatic heterocycles. The van der Waals surface area contributed by atoms with E-state index in [9.17, 15) is 9.59 Å². The molecule has 0 aromatic heterocycles. The molecular weight excluding hydrogens is 300 g/mol. The van der Waals surface area contributed by atoms with Crippen molar-refractivity contribution in [1.29, 1.82) is 0 Å². The molecule has 2 rings (SSSR count). The van der Waals surface area contributed by atoms with E-state index in [4.69, 9.17) is 11.6 Å². The molecule has 0 saturated carbocycles. The third kappa shape index (κ3) is 3.80. The molecule has 22 heavy (non-hydrogen) atoms. The molecule has 1 atom stereocenters. The maximum Gasteiger partial charge on any atom is 0.320 e. The summed E-state index contributed by atoms with van der Waals surface area (Å²) >= 11 is 5.86. The van der Waals surface area contributed by atoms with E-state index < -0.39 is 0 Å². The first kappa shape index (κ1) is 16.8. The molecule has 1 heterocycles. The van der Waals surface area contributed by atoms with Gasteiger partial charge in [0, 0.05) is 42.7 Å². The summed E-state index contributed by atoms with van der Waals surface area (Å²) in [6, 6.07) is 7.03. The number of amides is 2. The molecule has 0 aliphatic carbocycles. The van der Waals surface area contributed by atoms with E-state index in [1.54, 1.807) is 29.2 Å². The van der Waals surface area contributed by atoms with E-state index in [1.165, 1.54) is 0 Å². The normalized spacial score (nSPS) is 18.1. The van der Waals surface area contributed by atoms with Crippen LogP contribution in [-0.2, 0) is 0 Å². The van der Waals surface area contributed by atoms with Gasteiger partial charge >= 0.3 is 6.03 Å². The lowest BCUT2D eigenvalue weighted by atomic mass is 9.90. The third-order valence-corrected chi connectivity index (χ3v) is 4.48. The van der Waals surface area contributed by atoms with Gasteiger partial charge in [-0.2, -0.15) is 0 Å². The van der Waals surface area contributed by atoms with Crippen LogP contribution in [0.15, 0.2) is 24.3 Å². The zero-order chi connectivity index (χ0) is 16.1. The van der Waals surface area contributed by atoms with Crippen LogP contribution in [0.1, 0.15) is 37.0 Å². The summed E-state index contributed by atoms with van der Waals surface area (Å²) in [7, 11) is 0. The average Bonchev–Trinajstić information content (AvgIpc) is 2.56. The second kappa shape index (κ2) is 7.63. The Morgan fingerprint density at radius 3 is 2.45 bits per heavy atom. The largest absolute Gasteiger partial charge is 0.325 e. The predicted octanol–water partition coefficient (Wildman–Crippen LogP) is 3.70. The number of piperidine rings is 1. The Hall–Kier alpha value is -1.55. The van der Waals surface area contributed by atoms with E-state index in [0.717, 1.165) is 19.4 Å². The van der Waals surface area contributed by atoms with Gasteiger partial charge in [-0.3, -0.25) is 4.79 Å². The summed E-state index contributed by atoms with van der Waals surface area (Å²) in [6.45, 7) is 6.59. The van der Waals surface area contributed by atoms with Crippen LogP contribution in [0.4, 0.5) is 4.79 Å². The fourth-order valence-electron chi connectivity index (χ4n) is 2.91. The Bertz CT molecular complexity index is 526. The van der Waals surface area contributed by atoms with E-state index in [-0.39, 0.29) is 17.7 Å². The SMILES string of the molecule is CCN(CC)C(=O)N1CCCC(C(=O)c2ccc(Cl)cc2)C1. The molecule has 2 amide bonds. The monoisotopic (exact) mass is 322 g/mol. The summed E-state index contributed by atoms with van der Waals surface area (Å²) < 4.78 is 0. The van der Waals surface area contributed by atoms with Crippen molar-refractivity contribution in [2.75, 3.05) is 26.2 Å². The molecule has 1 aliphatic rings. The zero-order valence-corrected chi connectivity index (χ0v) is 14.0. The Balaban J connectivity index is 2.05. The lowest BCUT2D eigenvalue weighted by Gasteiger charge is -2.35. The summed E-state index contributed by atoms with van der Waals surface area (Å²) in [5, 5.41) is 0.624. The lowest BCUT2D eigenvalue weighted by molar-refractivity contribution is 0.0822.